The Balaban J connectivity index is 2.18. The summed E-state index contributed by atoms with van der Waals surface area (Å²) in [5.41, 5.74) is 0. The molecule has 0 aromatic carbocycles. The highest BCUT2D eigenvalue weighted by Crippen LogP contribution is 2.30. The first-order valence-corrected chi connectivity index (χ1v) is 8.10. The number of carbonyl (C=O) groups excluding carboxylic acids is 1. The molecule has 0 amide bonds. The second-order valence-electron chi connectivity index (χ2n) is 4.89. The number of aromatic nitrogens is 1. The number of ether oxygens (including phenoxy) is 2. The zero-order valence-corrected chi connectivity index (χ0v) is 14.0. The first-order valence-electron chi connectivity index (χ1n) is 7.31. The Labute approximate surface area is 133 Å². The molecule has 0 unspecified atom stereocenters. The largest absolute Gasteiger partial charge is 0.466 e. The molecule has 21 heavy (non-hydrogen) atoms. The Hall–Kier alpha value is -1.14. The quantitative estimate of drug-likeness (QED) is 0.579. The van der Waals surface area contributed by atoms with Gasteiger partial charge >= 0.3 is 5.97 Å². The van der Waals surface area contributed by atoms with Crippen LogP contribution in [0, 0.1) is 5.92 Å². The highest BCUT2D eigenvalue weighted by atomic mass is 79.9. The van der Waals surface area contributed by atoms with Crippen LogP contribution in [0.25, 0.3) is 0 Å². The van der Waals surface area contributed by atoms with Crippen molar-refractivity contribution in [1.29, 1.82) is 0 Å². The van der Waals surface area contributed by atoms with Crippen molar-refractivity contribution in [3.63, 3.8) is 0 Å². The first kappa shape index (κ1) is 16.2. The standard InChI is InChI=1S/C15H21BrN2O3/c1-3-20-10-12-11(15(19)21-4-2)8-9-18(12)14-7-5-6-13(16)17-14/h5-7,11-12H,3-4,8-10H2,1-2H3/t11-,12-/m1/s1. The van der Waals surface area contributed by atoms with Crippen molar-refractivity contribution >= 4 is 27.7 Å². The molecule has 0 spiro atoms. The molecular weight excluding hydrogens is 336 g/mol. The molecule has 1 aromatic heterocycles. The highest BCUT2D eigenvalue weighted by molar-refractivity contribution is 9.10. The van der Waals surface area contributed by atoms with Crippen molar-refractivity contribution in [2.75, 3.05) is 31.3 Å². The summed E-state index contributed by atoms with van der Waals surface area (Å²) in [6, 6.07) is 5.77. The number of nitrogens with zero attached hydrogens (tertiary/aromatic N) is 2. The third-order valence-corrected chi connectivity index (χ3v) is 4.06. The van der Waals surface area contributed by atoms with E-state index in [1.54, 1.807) is 0 Å². The highest BCUT2D eigenvalue weighted by Gasteiger charge is 2.40. The van der Waals surface area contributed by atoms with Gasteiger partial charge in [0.1, 0.15) is 10.4 Å². The molecule has 0 bridgehead atoms. The molecule has 1 fully saturated rings. The maximum Gasteiger partial charge on any atom is 0.311 e. The molecule has 1 aliphatic heterocycles. The maximum atomic E-state index is 12.1. The van der Waals surface area contributed by atoms with Gasteiger partial charge in [-0.05, 0) is 48.3 Å². The Morgan fingerprint density at radius 3 is 2.90 bits per heavy atom. The van der Waals surface area contributed by atoms with Gasteiger partial charge in [0.05, 0.1) is 25.2 Å². The van der Waals surface area contributed by atoms with Crippen LogP contribution >= 0.6 is 15.9 Å². The van der Waals surface area contributed by atoms with Crippen LogP contribution in [0.3, 0.4) is 0 Å². The monoisotopic (exact) mass is 356 g/mol. The molecule has 116 valence electrons. The minimum Gasteiger partial charge on any atom is -0.466 e. The maximum absolute atomic E-state index is 12.1. The van der Waals surface area contributed by atoms with Crippen LogP contribution in [-0.2, 0) is 14.3 Å². The molecule has 0 radical (unpaired) electrons. The Bertz CT molecular complexity index is 484. The minimum atomic E-state index is -0.155. The van der Waals surface area contributed by atoms with Gasteiger partial charge in [-0.2, -0.15) is 0 Å². The fourth-order valence-corrected chi connectivity index (χ4v) is 3.00. The van der Waals surface area contributed by atoms with E-state index in [-0.39, 0.29) is 17.9 Å². The molecule has 0 aliphatic carbocycles. The lowest BCUT2D eigenvalue weighted by Gasteiger charge is -2.28. The topological polar surface area (TPSA) is 51.7 Å². The van der Waals surface area contributed by atoms with E-state index in [1.807, 2.05) is 32.0 Å². The molecule has 6 heteroatoms. The Kier molecular flexibility index (Phi) is 5.99. The van der Waals surface area contributed by atoms with Crippen LogP contribution in [0.15, 0.2) is 22.8 Å². The molecule has 5 nitrogen and oxygen atoms in total. The average Bonchev–Trinajstić information content (AvgIpc) is 2.89. The lowest BCUT2D eigenvalue weighted by molar-refractivity contribution is -0.148. The number of hydrogen-bond acceptors (Lipinski definition) is 5. The van der Waals surface area contributed by atoms with Gasteiger partial charge in [-0.1, -0.05) is 6.07 Å². The molecule has 2 atom stereocenters. The van der Waals surface area contributed by atoms with Gasteiger partial charge in [0, 0.05) is 13.2 Å². The zero-order chi connectivity index (χ0) is 15.2. The summed E-state index contributed by atoms with van der Waals surface area (Å²) >= 11 is 3.39. The number of pyridine rings is 1. The van der Waals surface area contributed by atoms with Gasteiger partial charge in [0.25, 0.3) is 0 Å². The van der Waals surface area contributed by atoms with Gasteiger partial charge in [0.2, 0.25) is 0 Å². The summed E-state index contributed by atoms with van der Waals surface area (Å²) in [7, 11) is 0. The predicted molar refractivity (Wildman–Crippen MR) is 84.3 cm³/mol. The fourth-order valence-electron chi connectivity index (χ4n) is 2.66. The van der Waals surface area contributed by atoms with Gasteiger partial charge in [-0.25, -0.2) is 4.98 Å². The van der Waals surface area contributed by atoms with Crippen molar-refractivity contribution in [3.8, 4) is 0 Å². The third-order valence-electron chi connectivity index (χ3n) is 3.62. The summed E-state index contributed by atoms with van der Waals surface area (Å²) in [6.45, 7) is 6.12. The van der Waals surface area contributed by atoms with E-state index in [2.05, 4.69) is 25.8 Å². The van der Waals surface area contributed by atoms with Gasteiger partial charge in [-0.15, -0.1) is 0 Å². The predicted octanol–water partition coefficient (Wildman–Crippen LogP) is 2.64. The van der Waals surface area contributed by atoms with Crippen molar-refractivity contribution < 1.29 is 14.3 Å². The average molecular weight is 357 g/mol. The number of halogens is 1. The number of esters is 1. The molecule has 0 N–H and O–H groups in total. The van der Waals surface area contributed by atoms with Gasteiger partial charge in [0.15, 0.2) is 0 Å². The van der Waals surface area contributed by atoms with Crippen molar-refractivity contribution in [2.45, 2.75) is 26.3 Å². The number of anilines is 1. The lowest BCUT2D eigenvalue weighted by Crippen LogP contribution is -2.40. The van der Waals surface area contributed by atoms with Crippen molar-refractivity contribution in [2.24, 2.45) is 5.92 Å². The number of carbonyl (C=O) groups is 1. The Morgan fingerprint density at radius 1 is 1.43 bits per heavy atom. The summed E-state index contributed by atoms with van der Waals surface area (Å²) in [5.74, 6) is 0.567. The number of rotatable bonds is 6. The van der Waals surface area contributed by atoms with E-state index in [4.69, 9.17) is 9.47 Å². The van der Waals surface area contributed by atoms with Crippen LogP contribution in [0.2, 0.25) is 0 Å². The smallest absolute Gasteiger partial charge is 0.311 e. The minimum absolute atomic E-state index is 0.0224. The van der Waals surface area contributed by atoms with Crippen molar-refractivity contribution in [1.82, 2.24) is 4.98 Å². The molecule has 1 aliphatic rings. The van der Waals surface area contributed by atoms with Crippen LogP contribution in [0.5, 0.6) is 0 Å². The number of hydrogen-bond donors (Lipinski definition) is 0. The second-order valence-corrected chi connectivity index (χ2v) is 5.70. The van der Waals surface area contributed by atoms with E-state index in [0.29, 0.717) is 19.8 Å². The van der Waals surface area contributed by atoms with Crippen LogP contribution in [0.4, 0.5) is 5.82 Å². The second kappa shape index (κ2) is 7.75. The molecular formula is C15H21BrN2O3. The normalized spacial score (nSPS) is 21.6. The van der Waals surface area contributed by atoms with Crippen LogP contribution in [0.1, 0.15) is 20.3 Å². The summed E-state index contributed by atoms with van der Waals surface area (Å²) in [4.78, 5) is 18.8. The van der Waals surface area contributed by atoms with E-state index in [1.165, 1.54) is 0 Å². The summed E-state index contributed by atoms with van der Waals surface area (Å²) in [5, 5.41) is 0. The van der Waals surface area contributed by atoms with E-state index < -0.39 is 0 Å². The van der Waals surface area contributed by atoms with Crippen molar-refractivity contribution in [3.05, 3.63) is 22.8 Å². The molecule has 2 heterocycles. The SMILES string of the molecule is CCOC[C@@H]1[C@H](C(=O)OCC)CCN1c1cccc(Br)n1. The van der Waals surface area contributed by atoms with E-state index in [0.717, 1.165) is 23.4 Å². The molecule has 0 saturated carbocycles. The van der Waals surface area contributed by atoms with Gasteiger partial charge in [-0.3, -0.25) is 4.79 Å². The first-order chi connectivity index (χ1) is 10.2. The Morgan fingerprint density at radius 2 is 2.24 bits per heavy atom. The van der Waals surface area contributed by atoms with E-state index in [9.17, 15) is 4.79 Å². The van der Waals surface area contributed by atoms with Gasteiger partial charge < -0.3 is 14.4 Å². The van der Waals surface area contributed by atoms with Crippen LogP contribution < -0.4 is 4.90 Å². The van der Waals surface area contributed by atoms with Crippen LogP contribution in [-0.4, -0.2) is 43.4 Å². The molecule has 1 saturated heterocycles. The molecule has 2 rings (SSSR count). The molecule has 1 aromatic rings. The zero-order valence-electron chi connectivity index (χ0n) is 12.4. The third kappa shape index (κ3) is 3.95. The lowest BCUT2D eigenvalue weighted by atomic mass is 10.0. The summed E-state index contributed by atoms with van der Waals surface area (Å²) in [6.07, 6.45) is 0.769. The fraction of sp³-hybridized carbons (Fsp3) is 0.600. The summed E-state index contributed by atoms with van der Waals surface area (Å²) < 4.78 is 11.5. The van der Waals surface area contributed by atoms with E-state index >= 15 is 0 Å².